The van der Waals surface area contributed by atoms with Crippen LogP contribution in [0.25, 0.3) is 0 Å². The van der Waals surface area contributed by atoms with E-state index in [9.17, 15) is 36.0 Å². The third-order valence-corrected chi connectivity index (χ3v) is 4.71. The van der Waals surface area contributed by atoms with Gasteiger partial charge in [0.1, 0.15) is 24.0 Å². The van der Waals surface area contributed by atoms with Gasteiger partial charge in [0.05, 0.1) is 11.7 Å². The van der Waals surface area contributed by atoms with Gasteiger partial charge in [0, 0.05) is 5.56 Å². The first-order valence-corrected chi connectivity index (χ1v) is 9.02. The average molecular weight is 402 g/mol. The van der Waals surface area contributed by atoms with Crippen LogP contribution in [-0.4, -0.2) is 26.0 Å². The Balaban J connectivity index is 2.53. The van der Waals surface area contributed by atoms with Crippen molar-refractivity contribution in [3.63, 3.8) is 0 Å². The van der Waals surface area contributed by atoms with Crippen LogP contribution in [0, 0.1) is 0 Å². The molecule has 27 heavy (non-hydrogen) atoms. The lowest BCUT2D eigenvalue weighted by Crippen LogP contribution is -2.27. The molecule has 0 saturated carbocycles. The molecule has 0 atom stereocenters. The van der Waals surface area contributed by atoms with E-state index < -0.39 is 50.4 Å². The van der Waals surface area contributed by atoms with E-state index in [1.165, 1.54) is 17.1 Å². The smallest absolute Gasteiger partial charge is 0.317 e. The number of hydrogen-bond donors (Lipinski definition) is 2. The van der Waals surface area contributed by atoms with E-state index in [4.69, 9.17) is 0 Å². The number of anilines is 1. The van der Waals surface area contributed by atoms with Crippen molar-refractivity contribution in [1.29, 1.82) is 0 Å². The maximum atomic E-state index is 12.9. The van der Waals surface area contributed by atoms with Crippen LogP contribution in [0.2, 0.25) is 0 Å². The van der Waals surface area contributed by atoms with Crippen molar-refractivity contribution in [2.45, 2.75) is 17.8 Å². The Bertz CT molecular complexity index is 993. The summed E-state index contributed by atoms with van der Waals surface area (Å²) in [6.07, 6.45) is -4.94. The number of pyridine rings is 1. The molecule has 2 aromatic rings. The second kappa shape index (κ2) is 7.74. The van der Waals surface area contributed by atoms with Gasteiger partial charge in [-0.3, -0.25) is 9.52 Å². The molecule has 2 rings (SSSR count). The van der Waals surface area contributed by atoms with Gasteiger partial charge in [-0.25, -0.2) is 8.42 Å². The van der Waals surface area contributed by atoms with E-state index in [1.807, 2.05) is 4.72 Å². The fourth-order valence-corrected chi connectivity index (χ4v) is 3.49. The highest BCUT2D eigenvalue weighted by Crippen LogP contribution is 2.30. The third kappa shape index (κ3) is 5.03. The van der Waals surface area contributed by atoms with Crippen LogP contribution in [0.1, 0.15) is 22.7 Å². The Labute approximate surface area is 151 Å². The summed E-state index contributed by atoms with van der Waals surface area (Å²) < 4.78 is 65.1. The summed E-state index contributed by atoms with van der Waals surface area (Å²) >= 11 is 0. The van der Waals surface area contributed by atoms with Crippen LogP contribution in [0.5, 0.6) is 0 Å². The molecular formula is C16H13F3N2O5S. The summed E-state index contributed by atoms with van der Waals surface area (Å²) in [6, 6.07) is 8.16. The third-order valence-electron chi connectivity index (χ3n) is 3.48. The van der Waals surface area contributed by atoms with E-state index >= 15 is 0 Å². The van der Waals surface area contributed by atoms with Gasteiger partial charge in [0.25, 0.3) is 5.56 Å². The average Bonchev–Trinajstić information content (AvgIpc) is 2.58. The van der Waals surface area contributed by atoms with Crippen LogP contribution in [-0.2, 0) is 31.5 Å². The quantitative estimate of drug-likeness (QED) is 0.542. The van der Waals surface area contributed by atoms with E-state index in [1.54, 1.807) is 18.2 Å². The van der Waals surface area contributed by atoms with E-state index in [2.05, 4.69) is 0 Å². The first-order chi connectivity index (χ1) is 12.6. The van der Waals surface area contributed by atoms with Crippen molar-refractivity contribution in [2.24, 2.45) is 0 Å². The summed E-state index contributed by atoms with van der Waals surface area (Å²) in [4.78, 5) is 35.6. The number of aromatic amines is 1. The lowest BCUT2D eigenvalue weighted by molar-refractivity contribution is -0.141. The molecule has 0 spiro atoms. The fraction of sp³-hybridized carbons (Fsp3) is 0.188. The predicted molar refractivity (Wildman–Crippen MR) is 89.6 cm³/mol. The summed E-state index contributed by atoms with van der Waals surface area (Å²) in [5, 5.41) is 0. The molecular weight excluding hydrogens is 389 g/mol. The van der Waals surface area contributed by atoms with Gasteiger partial charge >= 0.3 is 6.18 Å². The highest BCUT2D eigenvalue weighted by molar-refractivity contribution is 7.91. The van der Waals surface area contributed by atoms with Gasteiger partial charge in [0.2, 0.25) is 10.0 Å². The molecule has 1 heterocycles. The highest BCUT2D eigenvalue weighted by Gasteiger charge is 2.34. The van der Waals surface area contributed by atoms with Crippen LogP contribution >= 0.6 is 0 Å². The number of halogens is 3. The number of nitrogens with one attached hydrogen (secondary N) is 2. The number of benzene rings is 1. The van der Waals surface area contributed by atoms with Crippen LogP contribution in [0.4, 0.5) is 18.9 Å². The van der Waals surface area contributed by atoms with Crippen molar-refractivity contribution in [2.75, 3.05) is 4.72 Å². The fourth-order valence-electron chi connectivity index (χ4n) is 2.26. The summed E-state index contributed by atoms with van der Waals surface area (Å²) in [5.41, 5.74) is -4.08. The Hall–Kier alpha value is -2.95. The summed E-state index contributed by atoms with van der Waals surface area (Å²) in [5.74, 6) is -2.32. The lowest BCUT2D eigenvalue weighted by Gasteiger charge is -2.16. The number of alkyl halides is 3. The first kappa shape index (κ1) is 20.4. The minimum Gasteiger partial charge on any atom is -0.317 e. The molecule has 0 bridgehead atoms. The second-order valence-electron chi connectivity index (χ2n) is 5.48. The maximum Gasteiger partial charge on any atom is 0.431 e. The molecule has 1 aromatic heterocycles. The first-order valence-electron chi connectivity index (χ1n) is 7.37. The number of H-pyrrole nitrogens is 1. The Morgan fingerprint density at radius 3 is 2.22 bits per heavy atom. The molecule has 144 valence electrons. The molecule has 2 N–H and O–H groups in total. The Morgan fingerprint density at radius 1 is 1.11 bits per heavy atom. The maximum absolute atomic E-state index is 12.9. The number of aldehydes is 2. The van der Waals surface area contributed by atoms with Crippen molar-refractivity contribution >= 4 is 28.3 Å². The van der Waals surface area contributed by atoms with Gasteiger partial charge in [-0.05, 0) is 11.6 Å². The molecule has 0 saturated heterocycles. The summed E-state index contributed by atoms with van der Waals surface area (Å²) in [7, 11) is -4.21. The molecule has 0 aliphatic rings. The molecule has 0 aliphatic heterocycles. The minimum absolute atomic E-state index is 0.0108. The van der Waals surface area contributed by atoms with E-state index in [-0.39, 0.29) is 12.6 Å². The van der Waals surface area contributed by atoms with E-state index in [0.717, 1.165) is 0 Å². The molecule has 7 nitrogen and oxygen atoms in total. The molecule has 1 aromatic carbocycles. The van der Waals surface area contributed by atoms with Gasteiger partial charge < -0.3 is 14.6 Å². The van der Waals surface area contributed by atoms with Crippen molar-refractivity contribution < 1.29 is 31.2 Å². The normalized spacial score (nSPS) is 12.0. The van der Waals surface area contributed by atoms with Crippen molar-refractivity contribution in [3.05, 3.63) is 63.6 Å². The zero-order chi connectivity index (χ0) is 20.2. The van der Waals surface area contributed by atoms with Crippen LogP contribution in [0.15, 0.2) is 41.2 Å². The zero-order valence-corrected chi connectivity index (χ0v) is 14.3. The van der Waals surface area contributed by atoms with Gasteiger partial charge in [-0.15, -0.1) is 0 Å². The molecule has 0 radical (unpaired) electrons. The van der Waals surface area contributed by atoms with Gasteiger partial charge in [-0.1, -0.05) is 30.3 Å². The standard InChI is InChI=1S/C16H13F3N2O5S/c17-16(18,19)13-6-12(11(7-22)8-23)14(15(24)20-13)21-27(25,26)9-10-4-2-1-3-5-10/h1-8,11,21H,9H2,(H,20,24). The van der Waals surface area contributed by atoms with Gasteiger partial charge in [0.15, 0.2) is 0 Å². The van der Waals surface area contributed by atoms with E-state index in [0.29, 0.717) is 11.6 Å². The number of aromatic nitrogens is 1. The SMILES string of the molecule is O=CC(C=O)c1cc(C(F)(F)F)[nH]c(=O)c1NS(=O)(=O)Cc1ccccc1. The zero-order valence-electron chi connectivity index (χ0n) is 13.5. The van der Waals surface area contributed by atoms with Gasteiger partial charge in [-0.2, -0.15) is 13.2 Å². The minimum atomic E-state index is -4.97. The van der Waals surface area contributed by atoms with Crippen LogP contribution < -0.4 is 10.3 Å². The molecule has 0 amide bonds. The molecule has 11 heteroatoms. The number of rotatable bonds is 7. The van der Waals surface area contributed by atoms with Crippen LogP contribution in [0.3, 0.4) is 0 Å². The monoisotopic (exact) mass is 402 g/mol. The topological polar surface area (TPSA) is 113 Å². The Kier molecular flexibility index (Phi) is 5.84. The number of carbonyl (C=O) groups excluding carboxylic acids is 2. The number of carbonyl (C=O) groups is 2. The second-order valence-corrected chi connectivity index (χ2v) is 7.21. The summed E-state index contributed by atoms with van der Waals surface area (Å²) in [6.45, 7) is 0. The Morgan fingerprint density at radius 2 is 1.70 bits per heavy atom. The lowest BCUT2D eigenvalue weighted by atomic mass is 10.0. The highest BCUT2D eigenvalue weighted by atomic mass is 32.2. The number of sulfonamides is 1. The molecule has 0 aliphatic carbocycles. The number of hydrogen-bond acceptors (Lipinski definition) is 5. The molecule has 0 fully saturated rings. The predicted octanol–water partition coefficient (Wildman–Crippen LogP) is 1.82. The van der Waals surface area contributed by atoms with Crippen molar-refractivity contribution in [3.8, 4) is 0 Å². The van der Waals surface area contributed by atoms with Crippen molar-refractivity contribution in [1.82, 2.24) is 4.98 Å². The molecule has 0 unspecified atom stereocenters. The largest absolute Gasteiger partial charge is 0.431 e.